The summed E-state index contributed by atoms with van der Waals surface area (Å²) >= 11 is 0. The van der Waals surface area contributed by atoms with E-state index in [1.807, 2.05) is 24.3 Å². The van der Waals surface area contributed by atoms with Gasteiger partial charge >= 0.3 is 0 Å². The molecule has 1 atom stereocenters. The number of hydrogen-bond donors (Lipinski definition) is 1. The van der Waals surface area contributed by atoms with E-state index in [-0.39, 0.29) is 6.04 Å². The fraction of sp³-hybridized carbons (Fsp3) is 0.250. The highest BCUT2D eigenvalue weighted by Gasteiger charge is 2.21. The van der Waals surface area contributed by atoms with E-state index < -0.39 is 0 Å². The molecule has 106 valence electrons. The molecule has 5 heteroatoms. The van der Waals surface area contributed by atoms with Crippen LogP contribution in [0.1, 0.15) is 11.9 Å². The van der Waals surface area contributed by atoms with E-state index in [4.69, 9.17) is 9.26 Å². The van der Waals surface area contributed by atoms with E-state index in [1.54, 1.807) is 0 Å². The molecule has 0 unspecified atom stereocenters. The van der Waals surface area contributed by atoms with E-state index in [0.29, 0.717) is 18.3 Å². The summed E-state index contributed by atoms with van der Waals surface area (Å²) < 4.78 is 10.9. The lowest BCUT2D eigenvalue weighted by Gasteiger charge is -2.20. The van der Waals surface area contributed by atoms with Crippen LogP contribution in [0.15, 0.2) is 47.0 Å². The van der Waals surface area contributed by atoms with Gasteiger partial charge in [0, 0.05) is 12.1 Å². The molecule has 1 fully saturated rings. The molecule has 1 N–H and O–H groups in total. The highest BCUT2D eigenvalue weighted by molar-refractivity contribution is 5.94. The van der Waals surface area contributed by atoms with Crippen molar-refractivity contribution in [3.63, 3.8) is 0 Å². The first kappa shape index (κ1) is 12.5. The van der Waals surface area contributed by atoms with Crippen molar-refractivity contribution >= 4 is 10.8 Å². The summed E-state index contributed by atoms with van der Waals surface area (Å²) in [6, 6.07) is 14.3. The van der Waals surface area contributed by atoms with Crippen molar-refractivity contribution in [2.75, 3.05) is 19.8 Å². The largest absolute Gasteiger partial charge is 0.378 e. The van der Waals surface area contributed by atoms with Gasteiger partial charge in [0.1, 0.15) is 0 Å². The molecular weight excluding hydrogens is 266 g/mol. The Kier molecular flexibility index (Phi) is 3.14. The zero-order valence-corrected chi connectivity index (χ0v) is 11.5. The number of rotatable bonds is 2. The molecule has 21 heavy (non-hydrogen) atoms. The Morgan fingerprint density at radius 1 is 1.10 bits per heavy atom. The van der Waals surface area contributed by atoms with Crippen LogP contribution < -0.4 is 5.32 Å². The first-order valence-corrected chi connectivity index (χ1v) is 7.05. The van der Waals surface area contributed by atoms with Crippen LogP contribution in [0.5, 0.6) is 0 Å². The van der Waals surface area contributed by atoms with Crippen LogP contribution in [0.3, 0.4) is 0 Å². The Morgan fingerprint density at radius 2 is 2.00 bits per heavy atom. The van der Waals surface area contributed by atoms with Crippen LogP contribution in [-0.2, 0) is 4.74 Å². The molecule has 0 saturated carbocycles. The summed E-state index contributed by atoms with van der Waals surface area (Å²) in [4.78, 5) is 4.53. The van der Waals surface area contributed by atoms with Crippen molar-refractivity contribution in [1.82, 2.24) is 15.5 Å². The molecular formula is C16H15N3O2. The van der Waals surface area contributed by atoms with Gasteiger partial charge in [-0.15, -0.1) is 0 Å². The molecule has 0 bridgehead atoms. The molecule has 0 aliphatic carbocycles. The van der Waals surface area contributed by atoms with Crippen LogP contribution in [-0.4, -0.2) is 29.9 Å². The van der Waals surface area contributed by atoms with Crippen LogP contribution in [0.25, 0.3) is 22.2 Å². The molecule has 0 radical (unpaired) electrons. The van der Waals surface area contributed by atoms with Gasteiger partial charge in [-0.3, -0.25) is 0 Å². The molecule has 1 saturated heterocycles. The fourth-order valence-corrected chi connectivity index (χ4v) is 2.63. The second-order valence-corrected chi connectivity index (χ2v) is 5.07. The van der Waals surface area contributed by atoms with Gasteiger partial charge < -0.3 is 14.6 Å². The maximum Gasteiger partial charge on any atom is 0.258 e. The van der Waals surface area contributed by atoms with Gasteiger partial charge in [0.05, 0.1) is 19.3 Å². The minimum atomic E-state index is 0.00577. The molecule has 3 aromatic rings. The van der Waals surface area contributed by atoms with E-state index >= 15 is 0 Å². The second-order valence-electron chi connectivity index (χ2n) is 5.07. The van der Waals surface area contributed by atoms with Crippen molar-refractivity contribution in [3.8, 4) is 11.5 Å². The monoisotopic (exact) mass is 281 g/mol. The van der Waals surface area contributed by atoms with E-state index in [2.05, 4.69) is 33.7 Å². The SMILES string of the molecule is c1ccc2c(-c3nc([C@H]4COCCN4)no3)cccc2c1. The van der Waals surface area contributed by atoms with Gasteiger partial charge in [0.2, 0.25) is 0 Å². The number of ether oxygens (including phenoxy) is 1. The lowest BCUT2D eigenvalue weighted by atomic mass is 10.0. The second kappa shape index (κ2) is 5.27. The molecule has 1 aliphatic heterocycles. The number of benzene rings is 2. The van der Waals surface area contributed by atoms with E-state index in [9.17, 15) is 0 Å². The topological polar surface area (TPSA) is 60.2 Å². The van der Waals surface area contributed by atoms with Crippen LogP contribution in [0.2, 0.25) is 0 Å². The Bertz CT molecular complexity index is 758. The van der Waals surface area contributed by atoms with Crippen LogP contribution >= 0.6 is 0 Å². The van der Waals surface area contributed by atoms with Crippen molar-refractivity contribution in [2.24, 2.45) is 0 Å². The van der Waals surface area contributed by atoms with Crippen LogP contribution in [0, 0.1) is 0 Å². The third kappa shape index (κ3) is 2.30. The molecule has 2 heterocycles. The minimum Gasteiger partial charge on any atom is -0.378 e. The Balaban J connectivity index is 1.74. The van der Waals surface area contributed by atoms with Gasteiger partial charge in [-0.25, -0.2) is 0 Å². The third-order valence-electron chi connectivity index (χ3n) is 3.70. The van der Waals surface area contributed by atoms with Crippen molar-refractivity contribution < 1.29 is 9.26 Å². The van der Waals surface area contributed by atoms with Gasteiger partial charge in [0.25, 0.3) is 5.89 Å². The number of nitrogens with zero attached hydrogens (tertiary/aromatic N) is 2. The summed E-state index contributed by atoms with van der Waals surface area (Å²) in [7, 11) is 0. The first-order chi connectivity index (χ1) is 10.4. The molecule has 2 aromatic carbocycles. The average Bonchev–Trinajstić information content (AvgIpc) is 3.05. The van der Waals surface area contributed by atoms with Crippen LogP contribution in [0.4, 0.5) is 0 Å². The predicted octanol–water partition coefficient (Wildman–Crippen LogP) is 2.55. The summed E-state index contributed by atoms with van der Waals surface area (Å²) in [6.07, 6.45) is 0. The molecule has 1 aromatic heterocycles. The van der Waals surface area contributed by atoms with E-state index in [1.165, 1.54) is 0 Å². The van der Waals surface area contributed by atoms with Crippen molar-refractivity contribution in [1.29, 1.82) is 0 Å². The number of aromatic nitrogens is 2. The predicted molar refractivity (Wildman–Crippen MR) is 78.8 cm³/mol. The smallest absolute Gasteiger partial charge is 0.258 e. The number of hydrogen-bond acceptors (Lipinski definition) is 5. The van der Waals surface area contributed by atoms with Gasteiger partial charge in [-0.05, 0) is 16.8 Å². The lowest BCUT2D eigenvalue weighted by molar-refractivity contribution is 0.0734. The number of fused-ring (bicyclic) bond motifs is 1. The standard InChI is InChI=1S/C16H15N3O2/c1-2-6-12-11(4-1)5-3-7-13(12)16-18-15(19-21-16)14-10-20-9-8-17-14/h1-7,14,17H,8-10H2/t14-/m1/s1. The Morgan fingerprint density at radius 3 is 2.90 bits per heavy atom. The molecule has 5 nitrogen and oxygen atoms in total. The molecule has 1 aliphatic rings. The van der Waals surface area contributed by atoms with Crippen molar-refractivity contribution in [3.05, 3.63) is 48.3 Å². The molecule has 4 rings (SSSR count). The Labute approximate surface area is 121 Å². The maximum atomic E-state index is 5.46. The minimum absolute atomic E-state index is 0.00577. The summed E-state index contributed by atoms with van der Waals surface area (Å²) in [6.45, 7) is 2.11. The fourth-order valence-electron chi connectivity index (χ4n) is 2.63. The quantitative estimate of drug-likeness (QED) is 0.782. The van der Waals surface area contributed by atoms with Gasteiger partial charge in [0.15, 0.2) is 5.82 Å². The lowest BCUT2D eigenvalue weighted by Crippen LogP contribution is -2.35. The average molecular weight is 281 g/mol. The number of morpholine rings is 1. The summed E-state index contributed by atoms with van der Waals surface area (Å²) in [5.41, 5.74) is 0.962. The number of nitrogens with one attached hydrogen (secondary N) is 1. The van der Waals surface area contributed by atoms with Gasteiger partial charge in [-0.2, -0.15) is 4.98 Å². The summed E-state index contributed by atoms with van der Waals surface area (Å²) in [5, 5.41) is 9.70. The summed E-state index contributed by atoms with van der Waals surface area (Å²) in [5.74, 6) is 1.20. The first-order valence-electron chi connectivity index (χ1n) is 7.05. The van der Waals surface area contributed by atoms with Crippen molar-refractivity contribution in [2.45, 2.75) is 6.04 Å². The Hall–Kier alpha value is -2.24. The molecule has 0 spiro atoms. The highest BCUT2D eigenvalue weighted by Crippen LogP contribution is 2.28. The zero-order valence-electron chi connectivity index (χ0n) is 11.5. The molecule has 0 amide bonds. The highest BCUT2D eigenvalue weighted by atomic mass is 16.5. The van der Waals surface area contributed by atoms with Gasteiger partial charge in [-0.1, -0.05) is 41.6 Å². The zero-order chi connectivity index (χ0) is 14.1. The maximum absolute atomic E-state index is 5.46. The van der Waals surface area contributed by atoms with E-state index in [0.717, 1.165) is 29.5 Å². The third-order valence-corrected chi connectivity index (χ3v) is 3.70. The normalized spacial score (nSPS) is 19.0.